The zero-order chi connectivity index (χ0) is 38.7. The van der Waals surface area contributed by atoms with Crippen molar-refractivity contribution in [3.63, 3.8) is 0 Å². The second-order valence-corrected chi connectivity index (χ2v) is 17.5. The molecule has 6 heteroatoms. The van der Waals surface area contributed by atoms with Gasteiger partial charge in [-0.05, 0) is 76.5 Å². The van der Waals surface area contributed by atoms with Crippen LogP contribution >= 0.6 is 11.3 Å². The summed E-state index contributed by atoms with van der Waals surface area (Å²) in [6.07, 6.45) is 0. The van der Waals surface area contributed by atoms with E-state index >= 15 is 0 Å². The van der Waals surface area contributed by atoms with E-state index < -0.39 is 0 Å². The molecule has 0 radical (unpaired) electrons. The van der Waals surface area contributed by atoms with Gasteiger partial charge in [0.2, 0.25) is 0 Å². The van der Waals surface area contributed by atoms with Crippen LogP contribution in [0.1, 0.15) is 26.3 Å². The van der Waals surface area contributed by atoms with Crippen molar-refractivity contribution in [3.05, 3.63) is 175 Å². The highest BCUT2D eigenvalue weighted by Crippen LogP contribution is 2.49. The Labute approximate surface area is 341 Å². The maximum atomic E-state index is 7.42. The van der Waals surface area contributed by atoms with Gasteiger partial charge in [-0.3, -0.25) is 0 Å². The molecule has 0 saturated heterocycles. The molecule has 0 fully saturated rings. The standard InChI is InChI=1S/C52H37BN2O2S/c1-52(2,3)32-26-27-44-39(28-32)53-40-31-43(55-41-23-13-10-20-36(41)37-21-11-14-24-42(37)55)51-48(38-22-12-15-25-47(38)58-51)50(40)57-46-30-35(29-45(56-44)49(46)53)54(33-16-6-4-7-17-33)34-18-8-5-9-19-34/h4-31H,1-3H3. The van der Waals surface area contributed by atoms with Gasteiger partial charge in [0.15, 0.2) is 0 Å². The van der Waals surface area contributed by atoms with Gasteiger partial charge in [-0.1, -0.05) is 124 Å². The van der Waals surface area contributed by atoms with Crippen molar-refractivity contribution in [1.82, 2.24) is 4.57 Å². The number of ether oxygens (including phenoxy) is 2. The molecule has 0 atom stereocenters. The van der Waals surface area contributed by atoms with Crippen LogP contribution in [-0.4, -0.2) is 11.3 Å². The smallest absolute Gasteiger partial charge is 0.260 e. The molecule has 4 heterocycles. The third kappa shape index (κ3) is 4.88. The average Bonchev–Trinajstić information content (AvgIpc) is 3.81. The third-order valence-corrected chi connectivity index (χ3v) is 13.2. The highest BCUT2D eigenvalue weighted by atomic mass is 32.1. The highest BCUT2D eigenvalue weighted by Gasteiger charge is 2.43. The molecule has 0 unspecified atom stereocenters. The molecule has 10 aromatic rings. The van der Waals surface area contributed by atoms with E-state index in [1.54, 1.807) is 0 Å². The van der Waals surface area contributed by atoms with E-state index in [0.29, 0.717) is 0 Å². The summed E-state index contributed by atoms with van der Waals surface area (Å²) in [4.78, 5) is 2.28. The van der Waals surface area contributed by atoms with E-state index in [9.17, 15) is 0 Å². The van der Waals surface area contributed by atoms with Gasteiger partial charge in [-0.15, -0.1) is 11.3 Å². The zero-order valence-corrected chi connectivity index (χ0v) is 33.2. The Bertz CT molecular complexity index is 3200. The van der Waals surface area contributed by atoms with Crippen LogP contribution < -0.4 is 30.8 Å². The van der Waals surface area contributed by atoms with Crippen LogP contribution in [-0.2, 0) is 5.41 Å². The second kappa shape index (κ2) is 12.4. The van der Waals surface area contributed by atoms with Gasteiger partial charge in [0.05, 0.1) is 27.1 Å². The summed E-state index contributed by atoms with van der Waals surface area (Å²) >= 11 is 1.84. The topological polar surface area (TPSA) is 26.6 Å². The summed E-state index contributed by atoms with van der Waals surface area (Å²) in [5.41, 5.74) is 11.2. The molecule has 276 valence electrons. The quantitative estimate of drug-likeness (QED) is 0.167. The number of hydrogen-bond donors (Lipinski definition) is 0. The first-order valence-corrected chi connectivity index (χ1v) is 20.8. The molecule has 0 saturated carbocycles. The van der Waals surface area contributed by atoms with Crippen LogP contribution in [0.4, 0.5) is 17.1 Å². The van der Waals surface area contributed by atoms with E-state index in [1.807, 2.05) is 11.3 Å². The summed E-state index contributed by atoms with van der Waals surface area (Å²) in [5, 5.41) is 4.84. The molecule has 2 aromatic heterocycles. The molecule has 2 aliphatic rings. The van der Waals surface area contributed by atoms with Gasteiger partial charge < -0.3 is 18.9 Å². The van der Waals surface area contributed by atoms with Gasteiger partial charge in [0.1, 0.15) is 23.0 Å². The van der Waals surface area contributed by atoms with Crippen molar-refractivity contribution in [2.24, 2.45) is 0 Å². The van der Waals surface area contributed by atoms with Gasteiger partial charge in [0.25, 0.3) is 6.71 Å². The Morgan fingerprint density at radius 1 is 0.534 bits per heavy atom. The van der Waals surface area contributed by atoms with Crippen LogP contribution in [0.5, 0.6) is 23.0 Å². The number of aromatic nitrogens is 1. The largest absolute Gasteiger partial charge is 0.458 e. The normalized spacial score (nSPS) is 13.0. The maximum Gasteiger partial charge on any atom is 0.260 e. The minimum atomic E-state index is -0.134. The zero-order valence-electron chi connectivity index (χ0n) is 32.4. The van der Waals surface area contributed by atoms with Gasteiger partial charge in [0, 0.05) is 55.2 Å². The molecule has 12 rings (SSSR count). The number of rotatable bonds is 4. The lowest BCUT2D eigenvalue weighted by molar-refractivity contribution is 0.467. The Balaban J connectivity index is 1.19. The van der Waals surface area contributed by atoms with Gasteiger partial charge >= 0.3 is 0 Å². The molecular formula is C52H37BN2O2S. The minimum Gasteiger partial charge on any atom is -0.458 e. The number of thiophene rings is 1. The number of fused-ring (bicyclic) bond motifs is 11. The molecule has 58 heavy (non-hydrogen) atoms. The lowest BCUT2D eigenvalue weighted by atomic mass is 9.34. The number of benzene rings is 8. The number of anilines is 3. The fourth-order valence-electron chi connectivity index (χ4n) is 9.36. The van der Waals surface area contributed by atoms with Crippen LogP contribution in [0.3, 0.4) is 0 Å². The Morgan fingerprint density at radius 3 is 1.78 bits per heavy atom. The SMILES string of the molecule is CC(C)(C)c1ccc2c(c1)B1c3cc(-n4c5ccccc5c5ccccc54)c4sc5ccccc5c4c3Oc3cc(N(c4ccccc4)c4ccccc4)cc(c31)O2. The van der Waals surface area contributed by atoms with Gasteiger partial charge in [-0.25, -0.2) is 0 Å². The summed E-state index contributed by atoms with van der Waals surface area (Å²) in [7, 11) is 0. The lowest BCUT2D eigenvalue weighted by Crippen LogP contribution is -2.57. The summed E-state index contributed by atoms with van der Waals surface area (Å²) < 4.78 is 19.4. The third-order valence-electron chi connectivity index (χ3n) is 12.0. The van der Waals surface area contributed by atoms with Crippen molar-refractivity contribution in [2.75, 3.05) is 4.90 Å². The molecule has 0 bridgehead atoms. The van der Waals surface area contributed by atoms with Crippen LogP contribution in [0.25, 0.3) is 47.7 Å². The Hall–Kier alpha value is -6.76. The van der Waals surface area contributed by atoms with E-state index in [2.05, 4.69) is 200 Å². The minimum absolute atomic E-state index is 0.0521. The maximum absolute atomic E-state index is 7.42. The molecule has 8 aromatic carbocycles. The van der Waals surface area contributed by atoms with Crippen molar-refractivity contribution in [1.29, 1.82) is 0 Å². The molecule has 2 aliphatic heterocycles. The first-order valence-electron chi connectivity index (χ1n) is 20.0. The van der Waals surface area contributed by atoms with E-state index in [4.69, 9.17) is 9.47 Å². The number of nitrogens with zero attached hydrogens (tertiary/aromatic N) is 2. The fraction of sp³-hybridized carbons (Fsp3) is 0.0769. The van der Waals surface area contributed by atoms with E-state index in [-0.39, 0.29) is 12.1 Å². The molecule has 0 amide bonds. The lowest BCUT2D eigenvalue weighted by Gasteiger charge is -2.36. The number of hydrogen-bond acceptors (Lipinski definition) is 4. The Kier molecular flexibility index (Phi) is 7.12. The average molecular weight is 765 g/mol. The first kappa shape index (κ1) is 33.4. The van der Waals surface area contributed by atoms with E-state index in [1.165, 1.54) is 42.2 Å². The first-order chi connectivity index (χ1) is 28.4. The predicted octanol–water partition coefficient (Wildman–Crippen LogP) is 12.6. The van der Waals surface area contributed by atoms with Crippen LogP contribution in [0.15, 0.2) is 170 Å². The molecule has 4 nitrogen and oxygen atoms in total. The summed E-state index contributed by atoms with van der Waals surface area (Å²) in [5.74, 6) is 3.42. The van der Waals surface area contributed by atoms with Gasteiger partial charge in [-0.2, -0.15) is 0 Å². The predicted molar refractivity (Wildman–Crippen MR) is 245 cm³/mol. The van der Waals surface area contributed by atoms with Crippen LogP contribution in [0.2, 0.25) is 0 Å². The number of para-hydroxylation sites is 4. The van der Waals surface area contributed by atoms with Crippen molar-refractivity contribution >= 4 is 93.5 Å². The summed E-state index contributed by atoms with van der Waals surface area (Å²) in [6.45, 7) is 6.71. The monoisotopic (exact) mass is 764 g/mol. The molecule has 0 spiro atoms. The van der Waals surface area contributed by atoms with E-state index in [0.717, 1.165) is 67.5 Å². The fourth-order valence-corrected chi connectivity index (χ4v) is 10.6. The molecule has 0 aliphatic carbocycles. The molecular weight excluding hydrogens is 727 g/mol. The second-order valence-electron chi connectivity index (χ2n) is 16.5. The van der Waals surface area contributed by atoms with Crippen molar-refractivity contribution in [3.8, 4) is 28.7 Å². The molecule has 0 N–H and O–H groups in total. The highest BCUT2D eigenvalue weighted by molar-refractivity contribution is 7.26. The van der Waals surface area contributed by atoms with Crippen molar-refractivity contribution in [2.45, 2.75) is 26.2 Å². The Morgan fingerprint density at radius 2 is 1.12 bits per heavy atom. The van der Waals surface area contributed by atoms with Crippen molar-refractivity contribution < 1.29 is 9.47 Å². The van der Waals surface area contributed by atoms with Crippen LogP contribution in [0, 0.1) is 0 Å². The summed E-state index contributed by atoms with van der Waals surface area (Å²) in [6, 6.07) is 61.1.